The molecular formula is C30H52O. The minimum absolute atomic E-state index is 0.0791. The molecule has 1 heteroatoms. The highest BCUT2D eigenvalue weighted by molar-refractivity contribution is 5.32. The van der Waals surface area contributed by atoms with Crippen molar-refractivity contribution in [1.29, 1.82) is 0 Å². The second-order valence-electron chi connectivity index (χ2n) is 13.7. The molecule has 10 atom stereocenters. The third-order valence-corrected chi connectivity index (χ3v) is 12.3. The topological polar surface area (TPSA) is 20.2 Å². The van der Waals surface area contributed by atoms with Gasteiger partial charge in [0.2, 0.25) is 0 Å². The second kappa shape index (κ2) is 8.18. The molecule has 3 fully saturated rings. The smallest absolute Gasteiger partial charge is 0.0569 e. The SMILES string of the molecule is CC(C)[C@H](C)CC[C@@H](C)[C@H]1CC[C@@]2(C)[C@@H]3CC[C@H]4[C@H](C)[C@@H](O)CC[C@]4(C)C3=CC[C@]12C. The van der Waals surface area contributed by atoms with Gasteiger partial charge < -0.3 is 5.11 Å². The van der Waals surface area contributed by atoms with Crippen molar-refractivity contribution in [3.05, 3.63) is 11.6 Å². The third-order valence-electron chi connectivity index (χ3n) is 12.3. The van der Waals surface area contributed by atoms with Gasteiger partial charge in [-0.15, -0.1) is 0 Å². The number of aliphatic hydroxyl groups excluding tert-OH is 1. The largest absolute Gasteiger partial charge is 0.393 e. The van der Waals surface area contributed by atoms with Gasteiger partial charge in [0.15, 0.2) is 0 Å². The molecule has 0 spiro atoms. The van der Waals surface area contributed by atoms with Crippen molar-refractivity contribution in [3.63, 3.8) is 0 Å². The first kappa shape index (κ1) is 23.8. The van der Waals surface area contributed by atoms with Crippen molar-refractivity contribution in [3.8, 4) is 0 Å². The lowest BCUT2D eigenvalue weighted by Gasteiger charge is -2.62. The lowest BCUT2D eigenvalue weighted by Crippen LogP contribution is -2.55. The van der Waals surface area contributed by atoms with Gasteiger partial charge in [0, 0.05) is 0 Å². The van der Waals surface area contributed by atoms with E-state index in [1.54, 1.807) is 0 Å². The molecule has 4 aliphatic rings. The van der Waals surface area contributed by atoms with E-state index in [2.05, 4.69) is 61.5 Å². The maximum Gasteiger partial charge on any atom is 0.0569 e. The zero-order valence-corrected chi connectivity index (χ0v) is 22.0. The molecule has 31 heavy (non-hydrogen) atoms. The highest BCUT2D eigenvalue weighted by atomic mass is 16.3. The Labute approximate surface area is 193 Å². The summed E-state index contributed by atoms with van der Waals surface area (Å²) in [5.74, 6) is 5.30. The van der Waals surface area contributed by atoms with Crippen LogP contribution in [0.15, 0.2) is 11.6 Å². The molecule has 1 nitrogen and oxygen atoms in total. The van der Waals surface area contributed by atoms with E-state index in [1.807, 2.05) is 5.57 Å². The molecule has 0 unspecified atom stereocenters. The summed E-state index contributed by atoms with van der Waals surface area (Å²) in [6.45, 7) is 20.1. The third kappa shape index (κ3) is 3.50. The fourth-order valence-corrected chi connectivity index (χ4v) is 9.36. The van der Waals surface area contributed by atoms with Crippen molar-refractivity contribution in [1.82, 2.24) is 0 Å². The fourth-order valence-electron chi connectivity index (χ4n) is 9.36. The summed E-state index contributed by atoms with van der Waals surface area (Å²) in [4.78, 5) is 0. The maximum absolute atomic E-state index is 10.6. The van der Waals surface area contributed by atoms with Gasteiger partial charge in [-0.05, 0) is 103 Å². The van der Waals surface area contributed by atoms with Crippen molar-refractivity contribution in [2.75, 3.05) is 0 Å². The minimum atomic E-state index is -0.0791. The Balaban J connectivity index is 1.58. The van der Waals surface area contributed by atoms with E-state index in [9.17, 15) is 5.11 Å². The first-order chi connectivity index (χ1) is 14.5. The zero-order chi connectivity index (χ0) is 22.8. The predicted octanol–water partition coefficient (Wildman–Crippen LogP) is 8.27. The Morgan fingerprint density at radius 2 is 1.65 bits per heavy atom. The van der Waals surface area contributed by atoms with E-state index < -0.39 is 0 Å². The predicted molar refractivity (Wildman–Crippen MR) is 133 cm³/mol. The van der Waals surface area contributed by atoms with Crippen molar-refractivity contribution < 1.29 is 5.11 Å². The highest BCUT2D eigenvalue weighted by Crippen LogP contribution is 2.72. The van der Waals surface area contributed by atoms with Gasteiger partial charge in [0.1, 0.15) is 0 Å². The molecule has 0 bridgehead atoms. The van der Waals surface area contributed by atoms with Crippen molar-refractivity contribution in [2.24, 2.45) is 57.7 Å². The number of hydrogen-bond acceptors (Lipinski definition) is 1. The van der Waals surface area contributed by atoms with Crippen LogP contribution in [-0.4, -0.2) is 11.2 Å². The molecule has 3 saturated carbocycles. The number of hydrogen-bond donors (Lipinski definition) is 1. The standard InChI is InChI=1S/C30H52O/c1-19(2)20(3)9-10-21(4)23-13-17-30(8)26-12-11-24-22(5)27(31)15-16-28(24,6)25(26)14-18-29(23,30)7/h14,19-24,26-27,31H,9-13,15-18H2,1-8H3/t20-,21-,22+,23-,24+,26-,27+,28+,29-,30+/m1/s1. The Bertz CT molecular complexity index is 693. The highest BCUT2D eigenvalue weighted by Gasteiger charge is 2.64. The lowest BCUT2D eigenvalue weighted by molar-refractivity contribution is -0.0781. The van der Waals surface area contributed by atoms with Crippen LogP contribution in [0, 0.1) is 57.7 Å². The zero-order valence-electron chi connectivity index (χ0n) is 22.0. The molecule has 0 saturated heterocycles. The lowest BCUT2D eigenvalue weighted by atomic mass is 9.43. The molecule has 0 amide bonds. The molecule has 4 aliphatic carbocycles. The molecular weight excluding hydrogens is 376 g/mol. The first-order valence-electron chi connectivity index (χ1n) is 13.8. The van der Waals surface area contributed by atoms with E-state index in [0.717, 1.165) is 36.0 Å². The van der Waals surface area contributed by atoms with Gasteiger partial charge in [-0.2, -0.15) is 0 Å². The van der Waals surface area contributed by atoms with Gasteiger partial charge >= 0.3 is 0 Å². The summed E-state index contributed by atoms with van der Waals surface area (Å²) >= 11 is 0. The van der Waals surface area contributed by atoms with Gasteiger partial charge in [-0.3, -0.25) is 0 Å². The summed E-state index contributed by atoms with van der Waals surface area (Å²) in [5, 5.41) is 10.6. The van der Waals surface area contributed by atoms with Crippen LogP contribution in [0.2, 0.25) is 0 Å². The molecule has 0 aromatic rings. The Morgan fingerprint density at radius 1 is 0.935 bits per heavy atom. The maximum atomic E-state index is 10.6. The van der Waals surface area contributed by atoms with E-state index in [-0.39, 0.29) is 6.10 Å². The van der Waals surface area contributed by atoms with E-state index in [0.29, 0.717) is 28.1 Å². The van der Waals surface area contributed by atoms with Crippen LogP contribution in [0.1, 0.15) is 113 Å². The molecule has 0 aromatic carbocycles. The molecule has 4 rings (SSSR count). The Morgan fingerprint density at radius 3 is 2.32 bits per heavy atom. The van der Waals surface area contributed by atoms with E-state index >= 15 is 0 Å². The number of fused-ring (bicyclic) bond motifs is 5. The van der Waals surface area contributed by atoms with E-state index in [1.165, 1.54) is 51.4 Å². The average molecular weight is 429 g/mol. The molecule has 0 heterocycles. The monoisotopic (exact) mass is 428 g/mol. The quantitative estimate of drug-likeness (QED) is 0.437. The molecule has 0 aromatic heterocycles. The van der Waals surface area contributed by atoms with Crippen LogP contribution < -0.4 is 0 Å². The van der Waals surface area contributed by atoms with Gasteiger partial charge in [0.25, 0.3) is 0 Å². The van der Waals surface area contributed by atoms with Crippen molar-refractivity contribution in [2.45, 2.75) is 119 Å². The fraction of sp³-hybridized carbons (Fsp3) is 0.933. The van der Waals surface area contributed by atoms with Crippen LogP contribution >= 0.6 is 0 Å². The number of rotatable bonds is 5. The second-order valence-corrected chi connectivity index (χ2v) is 13.7. The first-order valence-corrected chi connectivity index (χ1v) is 13.8. The van der Waals surface area contributed by atoms with Gasteiger partial charge in [-0.1, -0.05) is 79.9 Å². The van der Waals surface area contributed by atoms with Gasteiger partial charge in [0.05, 0.1) is 6.10 Å². The van der Waals surface area contributed by atoms with Crippen LogP contribution in [0.5, 0.6) is 0 Å². The molecule has 1 N–H and O–H groups in total. The van der Waals surface area contributed by atoms with Gasteiger partial charge in [-0.25, -0.2) is 0 Å². The summed E-state index contributed by atoms with van der Waals surface area (Å²) in [5.41, 5.74) is 3.09. The summed E-state index contributed by atoms with van der Waals surface area (Å²) < 4.78 is 0. The van der Waals surface area contributed by atoms with Crippen molar-refractivity contribution >= 4 is 0 Å². The average Bonchev–Trinajstić information content (AvgIpc) is 3.00. The summed E-state index contributed by atoms with van der Waals surface area (Å²) in [6.07, 6.45) is 14.5. The normalized spacial score (nSPS) is 49.1. The number of allylic oxidation sites excluding steroid dienone is 2. The van der Waals surface area contributed by atoms with E-state index in [4.69, 9.17) is 0 Å². The molecule has 0 radical (unpaired) electrons. The minimum Gasteiger partial charge on any atom is -0.393 e. The van der Waals surface area contributed by atoms with Crippen LogP contribution in [0.4, 0.5) is 0 Å². The van der Waals surface area contributed by atoms with Crippen LogP contribution in [0.3, 0.4) is 0 Å². The molecule has 178 valence electrons. The van der Waals surface area contributed by atoms with Crippen LogP contribution in [0.25, 0.3) is 0 Å². The molecule has 0 aliphatic heterocycles. The number of aliphatic hydroxyl groups is 1. The van der Waals surface area contributed by atoms with Crippen LogP contribution in [-0.2, 0) is 0 Å². The summed E-state index contributed by atoms with van der Waals surface area (Å²) in [7, 11) is 0. The Kier molecular flexibility index (Phi) is 6.29. The summed E-state index contributed by atoms with van der Waals surface area (Å²) in [6, 6.07) is 0. The Hall–Kier alpha value is -0.300.